The summed E-state index contributed by atoms with van der Waals surface area (Å²) in [6.45, 7) is 5.78. The van der Waals surface area contributed by atoms with E-state index in [1.165, 1.54) is 0 Å². The topological polar surface area (TPSA) is 32.3 Å². The van der Waals surface area contributed by atoms with Crippen LogP contribution < -0.4 is 5.32 Å². The van der Waals surface area contributed by atoms with Gasteiger partial charge in [-0.25, -0.2) is 0 Å². The number of hydrogen-bond donors (Lipinski definition) is 1. The summed E-state index contributed by atoms with van der Waals surface area (Å²) >= 11 is 0. The molecule has 3 nitrogen and oxygen atoms in total. The molecule has 1 atom stereocenters. The molecule has 0 radical (unpaired) electrons. The molecule has 1 N–H and O–H groups in total. The number of likely N-dealkylation sites (N-methyl/N-ethyl adjacent to an activating group) is 1. The molecular weight excluding hydrogens is 152 g/mol. The van der Waals surface area contributed by atoms with Gasteiger partial charge < -0.3 is 10.2 Å². The van der Waals surface area contributed by atoms with Crippen molar-refractivity contribution < 1.29 is 4.79 Å². The first kappa shape index (κ1) is 9.52. The van der Waals surface area contributed by atoms with E-state index in [1.54, 1.807) is 0 Å². The van der Waals surface area contributed by atoms with Crippen LogP contribution in [0.4, 0.5) is 0 Å². The third kappa shape index (κ3) is 2.48. The van der Waals surface area contributed by atoms with Crippen LogP contribution in [0.15, 0.2) is 0 Å². The quantitative estimate of drug-likeness (QED) is 0.653. The molecule has 0 aliphatic carbocycles. The molecule has 0 bridgehead atoms. The van der Waals surface area contributed by atoms with Gasteiger partial charge in [0.2, 0.25) is 5.91 Å². The van der Waals surface area contributed by atoms with Gasteiger partial charge in [-0.05, 0) is 12.3 Å². The molecule has 1 aliphatic rings. The highest BCUT2D eigenvalue weighted by Crippen LogP contribution is 2.08. The average molecular weight is 170 g/mol. The summed E-state index contributed by atoms with van der Waals surface area (Å²) in [5.41, 5.74) is 0. The highest BCUT2D eigenvalue weighted by atomic mass is 16.2. The van der Waals surface area contributed by atoms with Gasteiger partial charge in [0, 0.05) is 19.6 Å². The summed E-state index contributed by atoms with van der Waals surface area (Å²) in [4.78, 5) is 12.9. The van der Waals surface area contributed by atoms with E-state index in [0.717, 1.165) is 13.0 Å². The van der Waals surface area contributed by atoms with Gasteiger partial charge in [0.05, 0.1) is 6.54 Å². The third-order valence-corrected chi connectivity index (χ3v) is 2.22. The van der Waals surface area contributed by atoms with Crippen LogP contribution in [0.25, 0.3) is 0 Å². The van der Waals surface area contributed by atoms with Crippen molar-refractivity contribution in [2.24, 2.45) is 5.92 Å². The molecule has 1 amide bonds. The van der Waals surface area contributed by atoms with E-state index in [2.05, 4.69) is 19.2 Å². The molecule has 0 spiro atoms. The molecule has 1 aliphatic heterocycles. The van der Waals surface area contributed by atoms with Crippen LogP contribution in [0, 0.1) is 5.92 Å². The summed E-state index contributed by atoms with van der Waals surface area (Å²) < 4.78 is 0. The minimum Gasteiger partial charge on any atom is -0.343 e. The van der Waals surface area contributed by atoms with Crippen LogP contribution in [-0.2, 0) is 4.79 Å². The Morgan fingerprint density at radius 1 is 1.67 bits per heavy atom. The summed E-state index contributed by atoms with van der Waals surface area (Å²) in [5.74, 6) is 0.902. The zero-order valence-corrected chi connectivity index (χ0v) is 8.13. The number of carbonyl (C=O) groups is 1. The van der Waals surface area contributed by atoms with E-state index in [9.17, 15) is 4.79 Å². The summed E-state index contributed by atoms with van der Waals surface area (Å²) in [5, 5.41) is 3.24. The van der Waals surface area contributed by atoms with Crippen molar-refractivity contribution in [2.45, 2.75) is 26.3 Å². The SMILES string of the molecule is CC(C)C[C@H]1CN(C)C(=O)CN1. The zero-order valence-electron chi connectivity index (χ0n) is 8.13. The predicted octanol–water partition coefficient (Wildman–Crippen LogP) is 0.463. The molecule has 0 aromatic heterocycles. The van der Waals surface area contributed by atoms with Crippen molar-refractivity contribution in [3.63, 3.8) is 0 Å². The molecule has 0 aromatic rings. The standard InChI is InChI=1S/C9H18N2O/c1-7(2)4-8-6-11(3)9(12)5-10-8/h7-8,10H,4-6H2,1-3H3/t8-/m0/s1. The van der Waals surface area contributed by atoms with Crippen molar-refractivity contribution in [1.29, 1.82) is 0 Å². The number of hydrogen-bond acceptors (Lipinski definition) is 2. The van der Waals surface area contributed by atoms with E-state index in [0.29, 0.717) is 18.5 Å². The molecule has 0 unspecified atom stereocenters. The van der Waals surface area contributed by atoms with Gasteiger partial charge >= 0.3 is 0 Å². The van der Waals surface area contributed by atoms with Gasteiger partial charge in [-0.15, -0.1) is 0 Å². The second-order valence-corrected chi connectivity index (χ2v) is 3.98. The first-order chi connectivity index (χ1) is 5.59. The first-order valence-corrected chi connectivity index (χ1v) is 4.57. The Kier molecular flexibility index (Phi) is 3.09. The Hall–Kier alpha value is -0.570. The van der Waals surface area contributed by atoms with Crippen LogP contribution in [0.2, 0.25) is 0 Å². The molecule has 0 saturated carbocycles. The highest BCUT2D eigenvalue weighted by molar-refractivity contribution is 5.78. The predicted molar refractivity (Wildman–Crippen MR) is 48.9 cm³/mol. The zero-order chi connectivity index (χ0) is 9.14. The summed E-state index contributed by atoms with van der Waals surface area (Å²) in [6.07, 6.45) is 1.15. The smallest absolute Gasteiger partial charge is 0.236 e. The molecule has 1 heterocycles. The van der Waals surface area contributed by atoms with Crippen LogP contribution in [-0.4, -0.2) is 37.0 Å². The molecule has 70 valence electrons. The number of carbonyl (C=O) groups excluding carboxylic acids is 1. The van der Waals surface area contributed by atoms with Crippen molar-refractivity contribution in [2.75, 3.05) is 20.1 Å². The van der Waals surface area contributed by atoms with Gasteiger partial charge in [0.15, 0.2) is 0 Å². The Morgan fingerprint density at radius 2 is 2.33 bits per heavy atom. The van der Waals surface area contributed by atoms with Crippen molar-refractivity contribution >= 4 is 5.91 Å². The van der Waals surface area contributed by atoms with Gasteiger partial charge in [-0.1, -0.05) is 13.8 Å². The van der Waals surface area contributed by atoms with Crippen molar-refractivity contribution in [3.8, 4) is 0 Å². The lowest BCUT2D eigenvalue weighted by atomic mass is 10.0. The fourth-order valence-corrected chi connectivity index (χ4v) is 1.59. The average Bonchev–Trinajstić information content (AvgIpc) is 1.96. The normalized spacial score (nSPS) is 25.2. The van der Waals surface area contributed by atoms with Crippen molar-refractivity contribution in [3.05, 3.63) is 0 Å². The molecular formula is C9H18N2O. The van der Waals surface area contributed by atoms with Crippen LogP contribution >= 0.6 is 0 Å². The van der Waals surface area contributed by atoms with E-state index in [4.69, 9.17) is 0 Å². The fraction of sp³-hybridized carbons (Fsp3) is 0.889. The number of rotatable bonds is 2. The van der Waals surface area contributed by atoms with Crippen LogP contribution in [0.3, 0.4) is 0 Å². The maximum Gasteiger partial charge on any atom is 0.236 e. The Bertz CT molecular complexity index is 168. The Morgan fingerprint density at radius 3 is 2.83 bits per heavy atom. The second-order valence-electron chi connectivity index (χ2n) is 3.98. The van der Waals surface area contributed by atoms with E-state index < -0.39 is 0 Å². The molecule has 0 aromatic carbocycles. The highest BCUT2D eigenvalue weighted by Gasteiger charge is 2.22. The first-order valence-electron chi connectivity index (χ1n) is 4.57. The lowest BCUT2D eigenvalue weighted by molar-refractivity contribution is -0.131. The number of nitrogens with zero attached hydrogens (tertiary/aromatic N) is 1. The number of piperazine rings is 1. The van der Waals surface area contributed by atoms with E-state index >= 15 is 0 Å². The lowest BCUT2D eigenvalue weighted by Gasteiger charge is -2.31. The van der Waals surface area contributed by atoms with Gasteiger partial charge in [-0.3, -0.25) is 4.79 Å². The summed E-state index contributed by atoms with van der Waals surface area (Å²) in [7, 11) is 1.87. The van der Waals surface area contributed by atoms with Crippen LogP contribution in [0.5, 0.6) is 0 Å². The van der Waals surface area contributed by atoms with Gasteiger partial charge in [-0.2, -0.15) is 0 Å². The number of nitrogens with one attached hydrogen (secondary N) is 1. The maximum absolute atomic E-state index is 11.1. The third-order valence-electron chi connectivity index (χ3n) is 2.22. The van der Waals surface area contributed by atoms with Gasteiger partial charge in [0.25, 0.3) is 0 Å². The largest absolute Gasteiger partial charge is 0.343 e. The van der Waals surface area contributed by atoms with E-state index in [1.807, 2.05) is 11.9 Å². The molecule has 1 saturated heterocycles. The monoisotopic (exact) mass is 170 g/mol. The molecule has 12 heavy (non-hydrogen) atoms. The van der Waals surface area contributed by atoms with Crippen molar-refractivity contribution in [1.82, 2.24) is 10.2 Å². The fourth-order valence-electron chi connectivity index (χ4n) is 1.59. The second kappa shape index (κ2) is 3.90. The molecule has 1 fully saturated rings. The summed E-state index contributed by atoms with van der Waals surface area (Å²) in [6, 6.07) is 0.493. The Labute approximate surface area is 74.1 Å². The Balaban J connectivity index is 2.35. The molecule has 3 heteroatoms. The maximum atomic E-state index is 11.1. The number of amides is 1. The van der Waals surface area contributed by atoms with Gasteiger partial charge in [0.1, 0.15) is 0 Å². The minimum absolute atomic E-state index is 0.204. The van der Waals surface area contributed by atoms with Crippen LogP contribution in [0.1, 0.15) is 20.3 Å². The minimum atomic E-state index is 0.204. The molecule has 1 rings (SSSR count). The lowest BCUT2D eigenvalue weighted by Crippen LogP contribution is -2.52. The van der Waals surface area contributed by atoms with E-state index in [-0.39, 0.29) is 5.91 Å².